The third-order valence-corrected chi connectivity index (χ3v) is 4.18. The quantitative estimate of drug-likeness (QED) is 0.595. The van der Waals surface area contributed by atoms with Gasteiger partial charge in [-0.15, -0.1) is 11.8 Å². The van der Waals surface area contributed by atoms with Crippen molar-refractivity contribution in [3.05, 3.63) is 29.8 Å². The number of carbonyl (C=O) groups is 1. The van der Waals surface area contributed by atoms with Crippen molar-refractivity contribution in [2.75, 3.05) is 7.11 Å². The Bertz CT molecular complexity index is 363. The van der Waals surface area contributed by atoms with Crippen LogP contribution in [0.5, 0.6) is 0 Å². The molecule has 0 fully saturated rings. The standard InChI is InChI=1S/C13H18O2S/c1-9-7-5-6-8-12(9)16-11(3)10(2)13(14)15-4/h5-8,10-11H,1-4H3. The van der Waals surface area contributed by atoms with Gasteiger partial charge in [0, 0.05) is 10.1 Å². The first kappa shape index (κ1) is 13.1. The summed E-state index contributed by atoms with van der Waals surface area (Å²) in [4.78, 5) is 12.6. The largest absolute Gasteiger partial charge is 0.469 e. The summed E-state index contributed by atoms with van der Waals surface area (Å²) >= 11 is 1.72. The maximum atomic E-state index is 11.4. The number of rotatable bonds is 4. The molecule has 0 bridgehead atoms. The maximum absolute atomic E-state index is 11.4. The molecule has 0 aliphatic carbocycles. The van der Waals surface area contributed by atoms with Crippen LogP contribution in [0.3, 0.4) is 0 Å². The molecule has 1 rings (SSSR count). The van der Waals surface area contributed by atoms with E-state index in [0.29, 0.717) is 0 Å². The Hall–Kier alpha value is -0.960. The van der Waals surface area contributed by atoms with Gasteiger partial charge in [0.1, 0.15) is 0 Å². The van der Waals surface area contributed by atoms with Crippen LogP contribution in [-0.4, -0.2) is 18.3 Å². The van der Waals surface area contributed by atoms with Crippen LogP contribution in [0.25, 0.3) is 0 Å². The van der Waals surface area contributed by atoms with E-state index < -0.39 is 0 Å². The molecule has 88 valence electrons. The summed E-state index contributed by atoms with van der Waals surface area (Å²) in [5, 5.41) is 0.216. The molecule has 0 aliphatic rings. The summed E-state index contributed by atoms with van der Waals surface area (Å²) in [7, 11) is 1.43. The van der Waals surface area contributed by atoms with Gasteiger partial charge in [0.05, 0.1) is 13.0 Å². The summed E-state index contributed by atoms with van der Waals surface area (Å²) in [6.07, 6.45) is 0. The van der Waals surface area contributed by atoms with E-state index in [9.17, 15) is 4.79 Å². The number of hydrogen-bond acceptors (Lipinski definition) is 3. The van der Waals surface area contributed by atoms with Crippen molar-refractivity contribution >= 4 is 17.7 Å². The fourth-order valence-electron chi connectivity index (χ4n) is 1.37. The van der Waals surface area contributed by atoms with Gasteiger partial charge in [0.2, 0.25) is 0 Å². The van der Waals surface area contributed by atoms with Gasteiger partial charge in [-0.05, 0) is 18.6 Å². The van der Waals surface area contributed by atoms with Crippen molar-refractivity contribution in [2.24, 2.45) is 5.92 Å². The topological polar surface area (TPSA) is 26.3 Å². The lowest BCUT2D eigenvalue weighted by Gasteiger charge is -2.18. The molecule has 1 aromatic rings. The van der Waals surface area contributed by atoms with E-state index in [1.54, 1.807) is 11.8 Å². The number of hydrogen-bond donors (Lipinski definition) is 0. The molecule has 0 aliphatic heterocycles. The number of methoxy groups -OCH3 is 1. The first-order valence-electron chi connectivity index (χ1n) is 5.36. The number of benzene rings is 1. The van der Waals surface area contributed by atoms with Crippen LogP contribution in [0.15, 0.2) is 29.2 Å². The van der Waals surface area contributed by atoms with Crippen molar-refractivity contribution in [1.29, 1.82) is 0 Å². The first-order chi connectivity index (χ1) is 7.56. The number of esters is 1. The Morgan fingerprint density at radius 3 is 2.50 bits per heavy atom. The molecule has 0 saturated heterocycles. The number of carbonyl (C=O) groups excluding carboxylic acids is 1. The van der Waals surface area contributed by atoms with Crippen LogP contribution in [-0.2, 0) is 9.53 Å². The number of ether oxygens (including phenoxy) is 1. The molecule has 0 spiro atoms. The number of thioether (sulfide) groups is 1. The van der Waals surface area contributed by atoms with Crippen LogP contribution in [0.1, 0.15) is 19.4 Å². The second kappa shape index (κ2) is 5.94. The summed E-state index contributed by atoms with van der Waals surface area (Å²) in [5.74, 6) is -0.233. The van der Waals surface area contributed by atoms with Crippen LogP contribution < -0.4 is 0 Å². The van der Waals surface area contributed by atoms with Crippen molar-refractivity contribution in [2.45, 2.75) is 30.9 Å². The van der Waals surface area contributed by atoms with Crippen molar-refractivity contribution in [3.63, 3.8) is 0 Å². The van der Waals surface area contributed by atoms with Gasteiger partial charge < -0.3 is 4.74 Å². The summed E-state index contributed by atoms with van der Waals surface area (Å²) < 4.78 is 4.75. The lowest BCUT2D eigenvalue weighted by atomic mass is 10.1. The monoisotopic (exact) mass is 238 g/mol. The fourth-order valence-corrected chi connectivity index (χ4v) is 2.50. The van der Waals surface area contributed by atoms with Gasteiger partial charge in [-0.3, -0.25) is 4.79 Å². The minimum atomic E-state index is -0.145. The van der Waals surface area contributed by atoms with E-state index in [4.69, 9.17) is 4.74 Å². The first-order valence-corrected chi connectivity index (χ1v) is 6.24. The van der Waals surface area contributed by atoms with Crippen LogP contribution in [0, 0.1) is 12.8 Å². The maximum Gasteiger partial charge on any atom is 0.309 e. The normalized spacial score (nSPS) is 14.2. The fraction of sp³-hybridized carbons (Fsp3) is 0.462. The van der Waals surface area contributed by atoms with Gasteiger partial charge in [-0.2, -0.15) is 0 Å². The number of aryl methyl sites for hydroxylation is 1. The molecule has 2 atom stereocenters. The Kier molecular flexibility index (Phi) is 4.87. The zero-order chi connectivity index (χ0) is 12.1. The predicted molar refractivity (Wildman–Crippen MR) is 67.7 cm³/mol. The molecule has 0 amide bonds. The predicted octanol–water partition coefficient (Wildman–Crippen LogP) is 3.28. The van der Waals surface area contributed by atoms with Gasteiger partial charge in [-0.1, -0.05) is 32.0 Å². The molecular formula is C13H18O2S. The van der Waals surface area contributed by atoms with Gasteiger partial charge in [0.25, 0.3) is 0 Å². The zero-order valence-electron chi connectivity index (χ0n) is 10.2. The molecule has 2 unspecified atom stereocenters. The smallest absolute Gasteiger partial charge is 0.309 e. The molecule has 1 aromatic carbocycles. The highest BCUT2D eigenvalue weighted by Gasteiger charge is 2.21. The molecule has 0 aromatic heterocycles. The van der Waals surface area contributed by atoms with E-state index >= 15 is 0 Å². The molecule has 0 radical (unpaired) electrons. The second-order valence-electron chi connectivity index (χ2n) is 3.90. The van der Waals surface area contributed by atoms with Crippen LogP contribution >= 0.6 is 11.8 Å². The van der Waals surface area contributed by atoms with E-state index in [1.807, 2.05) is 19.1 Å². The minimum Gasteiger partial charge on any atom is -0.469 e. The molecular weight excluding hydrogens is 220 g/mol. The molecule has 0 N–H and O–H groups in total. The SMILES string of the molecule is COC(=O)C(C)C(C)Sc1ccccc1C. The summed E-state index contributed by atoms with van der Waals surface area (Å²) in [5.41, 5.74) is 1.25. The van der Waals surface area contributed by atoms with E-state index in [0.717, 1.165) is 0 Å². The molecule has 0 heterocycles. The molecule has 2 nitrogen and oxygen atoms in total. The average molecular weight is 238 g/mol. The van der Waals surface area contributed by atoms with Crippen LogP contribution in [0.2, 0.25) is 0 Å². The van der Waals surface area contributed by atoms with Gasteiger partial charge in [0.15, 0.2) is 0 Å². The zero-order valence-corrected chi connectivity index (χ0v) is 11.0. The second-order valence-corrected chi connectivity index (χ2v) is 5.32. The Morgan fingerprint density at radius 2 is 1.94 bits per heavy atom. The highest BCUT2D eigenvalue weighted by molar-refractivity contribution is 8.00. The Balaban J connectivity index is 2.68. The molecule has 16 heavy (non-hydrogen) atoms. The van der Waals surface area contributed by atoms with E-state index in [-0.39, 0.29) is 17.1 Å². The van der Waals surface area contributed by atoms with Crippen LogP contribution in [0.4, 0.5) is 0 Å². The third-order valence-electron chi connectivity index (χ3n) is 2.68. The third kappa shape index (κ3) is 3.27. The Morgan fingerprint density at radius 1 is 1.31 bits per heavy atom. The highest BCUT2D eigenvalue weighted by atomic mass is 32.2. The minimum absolute atomic E-state index is 0.0883. The highest BCUT2D eigenvalue weighted by Crippen LogP contribution is 2.30. The van der Waals surface area contributed by atoms with Crippen molar-refractivity contribution < 1.29 is 9.53 Å². The Labute approximate surface area is 101 Å². The van der Waals surface area contributed by atoms with Crippen molar-refractivity contribution in [1.82, 2.24) is 0 Å². The van der Waals surface area contributed by atoms with E-state index in [1.165, 1.54) is 17.6 Å². The molecule has 3 heteroatoms. The van der Waals surface area contributed by atoms with E-state index in [2.05, 4.69) is 26.0 Å². The molecule has 0 saturated carbocycles. The van der Waals surface area contributed by atoms with Gasteiger partial charge in [-0.25, -0.2) is 0 Å². The lowest BCUT2D eigenvalue weighted by molar-refractivity contribution is -0.144. The summed E-state index contributed by atoms with van der Waals surface area (Å²) in [6, 6.07) is 8.21. The lowest BCUT2D eigenvalue weighted by Crippen LogP contribution is -2.21. The average Bonchev–Trinajstić information content (AvgIpc) is 2.30. The van der Waals surface area contributed by atoms with Gasteiger partial charge >= 0.3 is 5.97 Å². The van der Waals surface area contributed by atoms with Crippen molar-refractivity contribution in [3.8, 4) is 0 Å². The summed E-state index contributed by atoms with van der Waals surface area (Å²) in [6.45, 7) is 6.04.